The van der Waals surface area contributed by atoms with E-state index in [1.54, 1.807) is 7.11 Å². The largest absolute Gasteiger partial charge is 0.382 e. The van der Waals surface area contributed by atoms with Gasteiger partial charge >= 0.3 is 0 Å². The van der Waals surface area contributed by atoms with Gasteiger partial charge in [0.2, 0.25) is 0 Å². The number of hydrogen-bond acceptors (Lipinski definition) is 3. The highest BCUT2D eigenvalue weighted by molar-refractivity contribution is 5.23. The number of benzene rings is 1. The summed E-state index contributed by atoms with van der Waals surface area (Å²) < 4.78 is 10.3. The molecule has 2 N–H and O–H groups in total. The summed E-state index contributed by atoms with van der Waals surface area (Å²) in [6, 6.07) is 8.67. The van der Waals surface area contributed by atoms with Crippen molar-refractivity contribution in [3.05, 3.63) is 35.4 Å². The summed E-state index contributed by atoms with van der Waals surface area (Å²) in [6.07, 6.45) is 1.93. The third kappa shape index (κ3) is 5.82. The monoisotopic (exact) mass is 237 g/mol. The highest BCUT2D eigenvalue weighted by Crippen LogP contribution is 2.07. The SMILES string of the molecule is CCc1ccc(CC(N)COCCOC)cc1. The number of hydrogen-bond donors (Lipinski definition) is 1. The Labute approximate surface area is 104 Å². The first-order chi connectivity index (χ1) is 8.26. The zero-order chi connectivity index (χ0) is 12.5. The quantitative estimate of drug-likeness (QED) is 0.701. The smallest absolute Gasteiger partial charge is 0.0701 e. The number of methoxy groups -OCH3 is 1. The predicted molar refractivity (Wildman–Crippen MR) is 70.2 cm³/mol. The fourth-order valence-electron chi connectivity index (χ4n) is 1.65. The van der Waals surface area contributed by atoms with E-state index < -0.39 is 0 Å². The van der Waals surface area contributed by atoms with E-state index >= 15 is 0 Å². The molecular formula is C14H23NO2. The van der Waals surface area contributed by atoms with Crippen molar-refractivity contribution >= 4 is 0 Å². The van der Waals surface area contributed by atoms with Crippen LogP contribution in [0.4, 0.5) is 0 Å². The lowest BCUT2D eigenvalue weighted by Crippen LogP contribution is -2.29. The Morgan fingerprint density at radius 1 is 1.12 bits per heavy atom. The molecule has 1 rings (SSSR count). The molecule has 3 heteroatoms. The number of aryl methyl sites for hydroxylation is 1. The normalized spacial score (nSPS) is 12.6. The van der Waals surface area contributed by atoms with Crippen LogP contribution in [0.15, 0.2) is 24.3 Å². The number of rotatable bonds is 8. The molecule has 0 aromatic heterocycles. The molecule has 1 aromatic rings. The van der Waals surface area contributed by atoms with E-state index in [2.05, 4.69) is 31.2 Å². The molecule has 0 aliphatic rings. The van der Waals surface area contributed by atoms with Crippen molar-refractivity contribution < 1.29 is 9.47 Å². The summed E-state index contributed by atoms with van der Waals surface area (Å²) >= 11 is 0. The standard InChI is InChI=1S/C14H23NO2/c1-3-12-4-6-13(7-5-12)10-14(15)11-17-9-8-16-2/h4-7,14H,3,8-11,15H2,1-2H3. The molecule has 0 aliphatic heterocycles. The van der Waals surface area contributed by atoms with Gasteiger partial charge < -0.3 is 15.2 Å². The fraction of sp³-hybridized carbons (Fsp3) is 0.571. The molecule has 17 heavy (non-hydrogen) atoms. The zero-order valence-corrected chi connectivity index (χ0v) is 10.8. The molecule has 1 aromatic carbocycles. The van der Waals surface area contributed by atoms with Crippen LogP contribution in [-0.2, 0) is 22.3 Å². The van der Waals surface area contributed by atoms with Crippen LogP contribution in [0.3, 0.4) is 0 Å². The van der Waals surface area contributed by atoms with Crippen LogP contribution in [0, 0.1) is 0 Å². The van der Waals surface area contributed by atoms with Gasteiger partial charge in [-0.05, 0) is 24.0 Å². The van der Waals surface area contributed by atoms with E-state index in [9.17, 15) is 0 Å². The summed E-state index contributed by atoms with van der Waals surface area (Å²) in [4.78, 5) is 0. The van der Waals surface area contributed by atoms with Gasteiger partial charge in [0, 0.05) is 13.2 Å². The Bertz CT molecular complexity index is 298. The third-order valence-electron chi connectivity index (χ3n) is 2.69. The molecule has 1 unspecified atom stereocenters. The minimum atomic E-state index is 0.0549. The minimum absolute atomic E-state index is 0.0549. The Hall–Kier alpha value is -0.900. The van der Waals surface area contributed by atoms with E-state index in [1.807, 2.05) is 0 Å². The minimum Gasteiger partial charge on any atom is -0.382 e. The van der Waals surface area contributed by atoms with E-state index in [4.69, 9.17) is 15.2 Å². The molecule has 0 saturated heterocycles. The van der Waals surface area contributed by atoms with Gasteiger partial charge in [-0.15, -0.1) is 0 Å². The van der Waals surface area contributed by atoms with E-state index in [0.717, 1.165) is 12.8 Å². The van der Waals surface area contributed by atoms with Crippen molar-refractivity contribution in [1.82, 2.24) is 0 Å². The lowest BCUT2D eigenvalue weighted by Gasteiger charge is -2.12. The van der Waals surface area contributed by atoms with Gasteiger partial charge in [-0.1, -0.05) is 31.2 Å². The molecule has 0 spiro atoms. The maximum absolute atomic E-state index is 5.99. The van der Waals surface area contributed by atoms with Crippen LogP contribution >= 0.6 is 0 Å². The van der Waals surface area contributed by atoms with Gasteiger partial charge in [0.25, 0.3) is 0 Å². The Morgan fingerprint density at radius 2 is 1.76 bits per heavy atom. The van der Waals surface area contributed by atoms with E-state index in [0.29, 0.717) is 19.8 Å². The van der Waals surface area contributed by atoms with E-state index in [-0.39, 0.29) is 6.04 Å². The highest BCUT2D eigenvalue weighted by atomic mass is 16.5. The van der Waals surface area contributed by atoms with Crippen LogP contribution in [0.25, 0.3) is 0 Å². The molecule has 1 atom stereocenters. The summed E-state index contributed by atoms with van der Waals surface area (Å²) in [5.74, 6) is 0. The highest BCUT2D eigenvalue weighted by Gasteiger charge is 2.04. The molecule has 96 valence electrons. The van der Waals surface area contributed by atoms with Crippen LogP contribution in [0.1, 0.15) is 18.1 Å². The molecule has 0 amide bonds. The molecule has 0 radical (unpaired) electrons. The van der Waals surface area contributed by atoms with E-state index in [1.165, 1.54) is 11.1 Å². The van der Waals surface area contributed by atoms with Crippen LogP contribution in [-0.4, -0.2) is 33.0 Å². The predicted octanol–water partition coefficient (Wildman–Crippen LogP) is 1.78. The Balaban J connectivity index is 2.26. The number of nitrogens with two attached hydrogens (primary N) is 1. The van der Waals surface area contributed by atoms with Crippen LogP contribution in [0.5, 0.6) is 0 Å². The second-order valence-corrected chi connectivity index (χ2v) is 4.20. The van der Waals surface area contributed by atoms with Gasteiger partial charge in [0.15, 0.2) is 0 Å². The molecule has 0 saturated carbocycles. The van der Waals surface area contributed by atoms with Gasteiger partial charge in [-0.2, -0.15) is 0 Å². The topological polar surface area (TPSA) is 44.5 Å². The second kappa shape index (κ2) is 8.23. The van der Waals surface area contributed by atoms with Gasteiger partial charge in [0.05, 0.1) is 19.8 Å². The van der Waals surface area contributed by atoms with Crippen molar-refractivity contribution in [3.63, 3.8) is 0 Å². The lowest BCUT2D eigenvalue weighted by molar-refractivity contribution is 0.0637. The first kappa shape index (κ1) is 14.2. The number of ether oxygens (including phenoxy) is 2. The van der Waals surface area contributed by atoms with Crippen LogP contribution < -0.4 is 5.73 Å². The van der Waals surface area contributed by atoms with Crippen molar-refractivity contribution in [2.75, 3.05) is 26.9 Å². The summed E-state index contributed by atoms with van der Waals surface area (Å²) in [5.41, 5.74) is 8.62. The first-order valence-electron chi connectivity index (χ1n) is 6.16. The molecule has 0 fully saturated rings. The van der Waals surface area contributed by atoms with Crippen molar-refractivity contribution in [2.45, 2.75) is 25.8 Å². The molecule has 0 aliphatic carbocycles. The molecule has 0 heterocycles. The zero-order valence-electron chi connectivity index (χ0n) is 10.8. The maximum Gasteiger partial charge on any atom is 0.0701 e. The van der Waals surface area contributed by atoms with Crippen LogP contribution in [0.2, 0.25) is 0 Å². The first-order valence-corrected chi connectivity index (χ1v) is 6.16. The molecular weight excluding hydrogens is 214 g/mol. The molecule has 0 bridgehead atoms. The average molecular weight is 237 g/mol. The maximum atomic E-state index is 5.99. The average Bonchev–Trinajstić information content (AvgIpc) is 2.36. The fourth-order valence-corrected chi connectivity index (χ4v) is 1.65. The Morgan fingerprint density at radius 3 is 2.35 bits per heavy atom. The lowest BCUT2D eigenvalue weighted by atomic mass is 10.0. The second-order valence-electron chi connectivity index (χ2n) is 4.20. The van der Waals surface area contributed by atoms with Crippen molar-refractivity contribution in [1.29, 1.82) is 0 Å². The summed E-state index contributed by atoms with van der Waals surface area (Å²) in [6.45, 7) is 3.97. The van der Waals surface area contributed by atoms with Gasteiger partial charge in [0.1, 0.15) is 0 Å². The van der Waals surface area contributed by atoms with Gasteiger partial charge in [-0.25, -0.2) is 0 Å². The van der Waals surface area contributed by atoms with Gasteiger partial charge in [-0.3, -0.25) is 0 Å². The molecule has 3 nitrogen and oxygen atoms in total. The van der Waals surface area contributed by atoms with Crippen molar-refractivity contribution in [3.8, 4) is 0 Å². The Kier molecular flexibility index (Phi) is 6.86. The summed E-state index contributed by atoms with van der Waals surface area (Å²) in [5, 5.41) is 0. The summed E-state index contributed by atoms with van der Waals surface area (Å²) in [7, 11) is 1.67. The third-order valence-corrected chi connectivity index (χ3v) is 2.69. The van der Waals surface area contributed by atoms with Crippen molar-refractivity contribution in [2.24, 2.45) is 5.73 Å².